The van der Waals surface area contributed by atoms with Crippen molar-refractivity contribution in [2.45, 2.75) is 24.8 Å². The average molecular weight is 398 g/mol. The van der Waals surface area contributed by atoms with E-state index in [1.54, 1.807) is 56.3 Å². The van der Waals surface area contributed by atoms with Crippen LogP contribution in [0.25, 0.3) is 0 Å². The van der Waals surface area contributed by atoms with Gasteiger partial charge in [-0.05, 0) is 50.2 Å². The first-order valence-electron chi connectivity index (χ1n) is 7.54. The van der Waals surface area contributed by atoms with Gasteiger partial charge in [0.05, 0.1) is 27.5 Å². The minimum absolute atomic E-state index is 0.167. The molecule has 0 aromatic heterocycles. The van der Waals surface area contributed by atoms with Crippen molar-refractivity contribution in [3.8, 4) is 0 Å². The molecule has 0 saturated carbocycles. The lowest BCUT2D eigenvalue weighted by molar-refractivity contribution is -0.113. The van der Waals surface area contributed by atoms with E-state index in [1.807, 2.05) is 0 Å². The lowest BCUT2D eigenvalue weighted by Gasteiger charge is -2.09. The topological polar surface area (TPSA) is 55.4 Å². The SMILES string of the molecule is CC(C)OC(=O)c1ccc(NC(=O)CSc2c(Cl)cccc2Cl)cc1. The van der Waals surface area contributed by atoms with E-state index in [9.17, 15) is 9.59 Å². The molecule has 0 aliphatic carbocycles. The van der Waals surface area contributed by atoms with Crippen molar-refractivity contribution in [3.63, 3.8) is 0 Å². The van der Waals surface area contributed by atoms with Crippen LogP contribution in [-0.4, -0.2) is 23.7 Å². The molecule has 0 fully saturated rings. The van der Waals surface area contributed by atoms with Gasteiger partial charge in [-0.25, -0.2) is 4.79 Å². The molecule has 25 heavy (non-hydrogen) atoms. The van der Waals surface area contributed by atoms with Crippen LogP contribution in [0.5, 0.6) is 0 Å². The fourth-order valence-corrected chi connectivity index (χ4v) is 3.41. The van der Waals surface area contributed by atoms with E-state index in [-0.39, 0.29) is 17.8 Å². The van der Waals surface area contributed by atoms with Gasteiger partial charge in [-0.15, -0.1) is 11.8 Å². The van der Waals surface area contributed by atoms with Gasteiger partial charge in [-0.3, -0.25) is 4.79 Å². The molecular formula is C18H17Cl2NO3S. The highest BCUT2D eigenvalue weighted by Crippen LogP contribution is 2.33. The number of carbonyl (C=O) groups is 2. The molecule has 0 radical (unpaired) electrons. The van der Waals surface area contributed by atoms with Gasteiger partial charge in [-0.2, -0.15) is 0 Å². The predicted molar refractivity (Wildman–Crippen MR) is 103 cm³/mol. The summed E-state index contributed by atoms with van der Waals surface area (Å²) < 4.78 is 5.11. The summed E-state index contributed by atoms with van der Waals surface area (Å²) in [4.78, 5) is 24.5. The van der Waals surface area contributed by atoms with Crippen LogP contribution in [0.4, 0.5) is 5.69 Å². The maximum Gasteiger partial charge on any atom is 0.338 e. The number of ether oxygens (including phenoxy) is 1. The number of anilines is 1. The summed E-state index contributed by atoms with van der Waals surface area (Å²) >= 11 is 13.4. The molecule has 0 heterocycles. The van der Waals surface area contributed by atoms with Gasteiger partial charge in [0.15, 0.2) is 0 Å². The second kappa shape index (κ2) is 9.13. The number of rotatable bonds is 6. The van der Waals surface area contributed by atoms with Crippen LogP contribution in [0.15, 0.2) is 47.4 Å². The lowest BCUT2D eigenvalue weighted by Crippen LogP contribution is -2.15. The van der Waals surface area contributed by atoms with Crippen LogP contribution in [0, 0.1) is 0 Å². The van der Waals surface area contributed by atoms with Crippen LogP contribution < -0.4 is 5.32 Å². The molecule has 1 amide bonds. The summed E-state index contributed by atoms with van der Waals surface area (Å²) in [7, 11) is 0. The van der Waals surface area contributed by atoms with E-state index in [1.165, 1.54) is 11.8 Å². The van der Waals surface area contributed by atoms with Crippen LogP contribution in [0.1, 0.15) is 24.2 Å². The minimum Gasteiger partial charge on any atom is -0.459 e. The molecule has 2 aromatic carbocycles. The normalized spacial score (nSPS) is 10.6. The van der Waals surface area contributed by atoms with Crippen molar-refractivity contribution in [2.75, 3.05) is 11.1 Å². The summed E-state index contributed by atoms with van der Waals surface area (Å²) in [5, 5.41) is 3.78. The third-order valence-corrected chi connectivity index (χ3v) is 5.00. The Morgan fingerprint density at radius 1 is 1.08 bits per heavy atom. The maximum absolute atomic E-state index is 12.1. The second-order valence-corrected chi connectivity index (χ2v) is 7.22. The van der Waals surface area contributed by atoms with Crippen LogP contribution in [0.3, 0.4) is 0 Å². The van der Waals surface area contributed by atoms with Crippen molar-refractivity contribution in [1.82, 2.24) is 0 Å². The molecule has 132 valence electrons. The first-order chi connectivity index (χ1) is 11.9. The number of amides is 1. The highest BCUT2D eigenvalue weighted by Gasteiger charge is 2.11. The zero-order chi connectivity index (χ0) is 18.4. The van der Waals surface area contributed by atoms with E-state index in [2.05, 4.69) is 5.32 Å². The van der Waals surface area contributed by atoms with Crippen molar-refractivity contribution in [3.05, 3.63) is 58.1 Å². The van der Waals surface area contributed by atoms with Gasteiger partial charge in [0.2, 0.25) is 5.91 Å². The third kappa shape index (κ3) is 5.96. The third-order valence-electron chi connectivity index (χ3n) is 3.01. The van der Waals surface area contributed by atoms with Gasteiger partial charge in [-0.1, -0.05) is 29.3 Å². The van der Waals surface area contributed by atoms with Gasteiger partial charge < -0.3 is 10.1 Å². The van der Waals surface area contributed by atoms with Crippen molar-refractivity contribution >= 4 is 52.5 Å². The zero-order valence-corrected chi connectivity index (χ0v) is 16.0. The number of esters is 1. The molecule has 0 aliphatic rings. The van der Waals surface area contributed by atoms with Crippen molar-refractivity contribution in [2.24, 2.45) is 0 Å². The van der Waals surface area contributed by atoms with E-state index in [0.29, 0.717) is 26.2 Å². The standard InChI is InChI=1S/C18H17Cl2NO3S/c1-11(2)24-18(23)12-6-8-13(9-7-12)21-16(22)10-25-17-14(19)4-3-5-15(17)20/h3-9,11H,10H2,1-2H3,(H,21,22). The van der Waals surface area contributed by atoms with E-state index in [0.717, 1.165) is 0 Å². The Kier molecular flexibility index (Phi) is 7.17. The van der Waals surface area contributed by atoms with Gasteiger partial charge >= 0.3 is 5.97 Å². The molecule has 2 rings (SSSR count). The number of benzene rings is 2. The number of hydrogen-bond donors (Lipinski definition) is 1. The number of nitrogens with one attached hydrogen (secondary N) is 1. The summed E-state index contributed by atoms with van der Waals surface area (Å²) in [6.07, 6.45) is -0.180. The molecule has 4 nitrogen and oxygen atoms in total. The fraction of sp³-hybridized carbons (Fsp3) is 0.222. The molecule has 0 saturated heterocycles. The smallest absolute Gasteiger partial charge is 0.338 e. The second-order valence-electron chi connectivity index (χ2n) is 5.42. The van der Waals surface area contributed by atoms with Crippen LogP contribution in [0.2, 0.25) is 10.0 Å². The zero-order valence-electron chi connectivity index (χ0n) is 13.7. The largest absolute Gasteiger partial charge is 0.459 e. The maximum atomic E-state index is 12.1. The van der Waals surface area contributed by atoms with Gasteiger partial charge in [0.25, 0.3) is 0 Å². The van der Waals surface area contributed by atoms with E-state index in [4.69, 9.17) is 27.9 Å². The monoisotopic (exact) mass is 397 g/mol. The van der Waals surface area contributed by atoms with E-state index >= 15 is 0 Å². The molecular weight excluding hydrogens is 381 g/mol. The van der Waals surface area contributed by atoms with Gasteiger partial charge in [0, 0.05) is 10.6 Å². The highest BCUT2D eigenvalue weighted by atomic mass is 35.5. The number of thioether (sulfide) groups is 1. The Morgan fingerprint density at radius 2 is 1.68 bits per heavy atom. The molecule has 2 aromatic rings. The Balaban J connectivity index is 1.91. The Labute approximate surface area is 160 Å². The molecule has 7 heteroatoms. The summed E-state index contributed by atoms with van der Waals surface area (Å²) in [5.74, 6) is -0.420. The molecule has 1 N–H and O–H groups in total. The first-order valence-corrected chi connectivity index (χ1v) is 9.28. The molecule has 0 atom stereocenters. The fourth-order valence-electron chi connectivity index (χ4n) is 1.93. The molecule has 0 aliphatic heterocycles. The minimum atomic E-state index is -0.392. The van der Waals surface area contributed by atoms with Crippen molar-refractivity contribution in [1.29, 1.82) is 0 Å². The van der Waals surface area contributed by atoms with E-state index < -0.39 is 5.97 Å². The molecule has 0 unspecified atom stereocenters. The Bertz CT molecular complexity index is 743. The van der Waals surface area contributed by atoms with Gasteiger partial charge in [0.1, 0.15) is 0 Å². The quantitative estimate of drug-likeness (QED) is 0.531. The summed E-state index contributed by atoms with van der Waals surface area (Å²) in [6, 6.07) is 11.7. The van der Waals surface area contributed by atoms with Crippen molar-refractivity contribution < 1.29 is 14.3 Å². The lowest BCUT2D eigenvalue weighted by atomic mass is 10.2. The Morgan fingerprint density at radius 3 is 2.24 bits per heavy atom. The number of carbonyl (C=O) groups excluding carboxylic acids is 2. The highest BCUT2D eigenvalue weighted by molar-refractivity contribution is 8.00. The number of halogens is 2. The Hall–Kier alpha value is -1.69. The number of hydrogen-bond acceptors (Lipinski definition) is 4. The average Bonchev–Trinajstić information content (AvgIpc) is 2.54. The molecule has 0 spiro atoms. The molecule has 0 bridgehead atoms. The predicted octanol–water partition coefficient (Wildman–Crippen LogP) is 5.29. The summed E-state index contributed by atoms with van der Waals surface area (Å²) in [6.45, 7) is 3.57. The van der Waals surface area contributed by atoms with Crippen LogP contribution >= 0.6 is 35.0 Å². The first kappa shape index (κ1) is 19.6. The van der Waals surface area contributed by atoms with Crippen LogP contribution in [-0.2, 0) is 9.53 Å². The summed E-state index contributed by atoms with van der Waals surface area (Å²) in [5.41, 5.74) is 1.03.